The fourth-order valence-corrected chi connectivity index (χ4v) is 1.26. The summed E-state index contributed by atoms with van der Waals surface area (Å²) in [6.07, 6.45) is 1.06. The maximum atomic E-state index is 11.3. The minimum atomic E-state index is -1.12. The Morgan fingerprint density at radius 2 is 2.00 bits per heavy atom. The number of nitrogens with zero attached hydrogens (tertiary/aromatic N) is 1. The van der Waals surface area contributed by atoms with Crippen molar-refractivity contribution in [2.75, 3.05) is 19.8 Å². The van der Waals surface area contributed by atoms with Gasteiger partial charge in [-0.1, -0.05) is 0 Å². The molecule has 0 aromatic rings. The molecule has 1 unspecified atom stereocenters. The second kappa shape index (κ2) is 11.2. The zero-order valence-electron chi connectivity index (χ0n) is 10.5. The summed E-state index contributed by atoms with van der Waals surface area (Å²) >= 11 is 0. The highest BCUT2D eigenvalue weighted by Crippen LogP contribution is 2.01. The SMILES string of the molecule is NCCCCC(NC(=O)OCCCON=O)C(=O)O. The summed E-state index contributed by atoms with van der Waals surface area (Å²) in [7, 11) is 0. The Hall–Kier alpha value is -1.90. The summed E-state index contributed by atoms with van der Waals surface area (Å²) in [6, 6.07) is -0.994. The van der Waals surface area contributed by atoms with Crippen molar-refractivity contribution >= 4 is 12.1 Å². The van der Waals surface area contributed by atoms with Gasteiger partial charge in [-0.2, -0.15) is 0 Å². The summed E-state index contributed by atoms with van der Waals surface area (Å²) < 4.78 is 4.71. The van der Waals surface area contributed by atoms with Gasteiger partial charge >= 0.3 is 12.1 Å². The van der Waals surface area contributed by atoms with Gasteiger partial charge in [0.1, 0.15) is 12.6 Å². The molecule has 0 fully saturated rings. The molecule has 110 valence electrons. The number of alkyl carbamates (subject to hydrolysis) is 1. The number of rotatable bonds is 11. The molecule has 9 nitrogen and oxygen atoms in total. The van der Waals surface area contributed by atoms with E-state index in [4.69, 9.17) is 15.6 Å². The van der Waals surface area contributed by atoms with Gasteiger partial charge in [0.05, 0.1) is 6.61 Å². The number of carboxylic acid groups (broad SMARTS) is 1. The van der Waals surface area contributed by atoms with Crippen LogP contribution in [-0.4, -0.2) is 43.0 Å². The van der Waals surface area contributed by atoms with Gasteiger partial charge in [-0.25, -0.2) is 9.59 Å². The number of carboxylic acids is 1. The van der Waals surface area contributed by atoms with Gasteiger partial charge in [-0.15, -0.1) is 4.91 Å². The molecule has 0 spiro atoms. The molecule has 0 bridgehead atoms. The van der Waals surface area contributed by atoms with Crippen molar-refractivity contribution in [3.63, 3.8) is 0 Å². The van der Waals surface area contributed by atoms with E-state index >= 15 is 0 Å². The Bertz CT molecular complexity index is 286. The third kappa shape index (κ3) is 9.77. The number of nitrogens with one attached hydrogen (secondary N) is 1. The van der Waals surface area contributed by atoms with Gasteiger partial charge in [0, 0.05) is 6.42 Å². The summed E-state index contributed by atoms with van der Waals surface area (Å²) in [4.78, 5) is 35.9. The standard InChI is InChI=1S/C10H19N3O6/c11-5-2-1-4-8(9(14)15)12-10(16)18-6-3-7-19-13-17/h8H,1-7,11H2,(H,12,16)(H,14,15). The Morgan fingerprint density at radius 3 is 2.58 bits per heavy atom. The predicted molar refractivity (Wildman–Crippen MR) is 65.2 cm³/mol. The highest BCUT2D eigenvalue weighted by molar-refractivity contribution is 5.79. The van der Waals surface area contributed by atoms with Crippen LogP contribution in [0.1, 0.15) is 25.7 Å². The molecule has 0 heterocycles. The average molecular weight is 277 g/mol. The van der Waals surface area contributed by atoms with E-state index < -0.39 is 18.1 Å². The average Bonchev–Trinajstić information content (AvgIpc) is 2.37. The van der Waals surface area contributed by atoms with Crippen LogP contribution >= 0.6 is 0 Å². The van der Waals surface area contributed by atoms with Crippen LogP contribution in [0.5, 0.6) is 0 Å². The normalized spacial score (nSPS) is 11.4. The third-order valence-corrected chi connectivity index (χ3v) is 2.20. The van der Waals surface area contributed by atoms with Crippen LogP contribution in [-0.2, 0) is 14.4 Å². The van der Waals surface area contributed by atoms with Crippen LogP contribution in [0.3, 0.4) is 0 Å². The van der Waals surface area contributed by atoms with E-state index in [9.17, 15) is 14.5 Å². The number of carbonyl (C=O) groups is 2. The lowest BCUT2D eigenvalue weighted by Gasteiger charge is -2.14. The van der Waals surface area contributed by atoms with Crippen molar-refractivity contribution in [3.8, 4) is 0 Å². The van der Waals surface area contributed by atoms with E-state index in [-0.39, 0.29) is 13.2 Å². The number of hydrogen-bond donors (Lipinski definition) is 3. The second-order valence-electron chi connectivity index (χ2n) is 3.72. The first kappa shape index (κ1) is 17.1. The van der Waals surface area contributed by atoms with Crippen molar-refractivity contribution < 1.29 is 24.3 Å². The van der Waals surface area contributed by atoms with Crippen molar-refractivity contribution in [1.82, 2.24) is 5.32 Å². The maximum Gasteiger partial charge on any atom is 0.407 e. The molecule has 0 aromatic carbocycles. The lowest BCUT2D eigenvalue weighted by atomic mass is 10.1. The minimum Gasteiger partial charge on any atom is -0.480 e. The lowest BCUT2D eigenvalue weighted by Crippen LogP contribution is -2.41. The third-order valence-electron chi connectivity index (χ3n) is 2.20. The van der Waals surface area contributed by atoms with Gasteiger partial charge in [0.15, 0.2) is 5.34 Å². The first-order valence-electron chi connectivity index (χ1n) is 5.92. The van der Waals surface area contributed by atoms with E-state index in [1.807, 2.05) is 0 Å². The molecule has 0 saturated heterocycles. The number of ether oxygens (including phenoxy) is 1. The molecule has 9 heteroatoms. The first-order valence-corrected chi connectivity index (χ1v) is 5.92. The molecule has 0 aliphatic carbocycles. The molecule has 0 aromatic heterocycles. The van der Waals surface area contributed by atoms with Crippen LogP contribution < -0.4 is 11.1 Å². The van der Waals surface area contributed by atoms with E-state index in [0.29, 0.717) is 32.2 Å². The fraction of sp³-hybridized carbons (Fsp3) is 0.800. The molecule has 0 aliphatic heterocycles. The molecule has 4 N–H and O–H groups in total. The Morgan fingerprint density at radius 1 is 1.26 bits per heavy atom. The number of carbonyl (C=O) groups excluding carboxylic acids is 1. The predicted octanol–water partition coefficient (Wildman–Crippen LogP) is 0.383. The van der Waals surface area contributed by atoms with Crippen LogP contribution in [0.25, 0.3) is 0 Å². The summed E-state index contributed by atoms with van der Waals surface area (Å²) in [6.45, 7) is 0.522. The van der Waals surface area contributed by atoms with Crippen molar-refractivity contribution in [2.45, 2.75) is 31.7 Å². The molecule has 1 amide bonds. The van der Waals surface area contributed by atoms with E-state index in [1.165, 1.54) is 0 Å². The van der Waals surface area contributed by atoms with E-state index in [0.717, 1.165) is 0 Å². The lowest BCUT2D eigenvalue weighted by molar-refractivity contribution is -0.139. The highest BCUT2D eigenvalue weighted by Gasteiger charge is 2.19. The number of hydrogen-bond acceptors (Lipinski definition) is 7. The number of aliphatic carboxylic acids is 1. The van der Waals surface area contributed by atoms with Gasteiger partial charge in [0.25, 0.3) is 0 Å². The van der Waals surface area contributed by atoms with Crippen molar-refractivity contribution in [2.24, 2.45) is 11.1 Å². The molecule has 0 radical (unpaired) electrons. The van der Waals surface area contributed by atoms with Gasteiger partial charge in [0.2, 0.25) is 0 Å². The van der Waals surface area contributed by atoms with Crippen molar-refractivity contribution in [1.29, 1.82) is 0 Å². The Labute approximate surface area is 110 Å². The smallest absolute Gasteiger partial charge is 0.407 e. The first-order chi connectivity index (χ1) is 9.11. The summed E-state index contributed by atoms with van der Waals surface area (Å²) in [5, 5.41) is 13.3. The van der Waals surface area contributed by atoms with Crippen LogP contribution in [0, 0.1) is 4.91 Å². The monoisotopic (exact) mass is 277 g/mol. The van der Waals surface area contributed by atoms with E-state index in [1.54, 1.807) is 0 Å². The molecule has 1 atom stereocenters. The molecular weight excluding hydrogens is 258 g/mol. The van der Waals surface area contributed by atoms with Crippen LogP contribution in [0.15, 0.2) is 5.34 Å². The quantitative estimate of drug-likeness (QED) is 0.281. The maximum absolute atomic E-state index is 11.3. The summed E-state index contributed by atoms with van der Waals surface area (Å²) in [5.74, 6) is -1.12. The number of nitrogens with two attached hydrogens (primary N) is 1. The number of unbranched alkanes of at least 4 members (excludes halogenated alkanes) is 1. The minimum absolute atomic E-state index is 0.0104. The topological polar surface area (TPSA) is 140 Å². The van der Waals surface area contributed by atoms with E-state index in [2.05, 4.69) is 15.5 Å². The van der Waals surface area contributed by atoms with Crippen LogP contribution in [0.4, 0.5) is 4.79 Å². The zero-order valence-corrected chi connectivity index (χ0v) is 10.5. The fourth-order valence-electron chi connectivity index (χ4n) is 1.26. The molecule has 0 rings (SSSR count). The Balaban J connectivity index is 3.83. The highest BCUT2D eigenvalue weighted by atomic mass is 16.7. The molecule has 0 aliphatic rings. The molecule has 0 saturated carbocycles. The van der Waals surface area contributed by atoms with Crippen LogP contribution in [0.2, 0.25) is 0 Å². The molecule has 19 heavy (non-hydrogen) atoms. The van der Waals surface area contributed by atoms with Crippen molar-refractivity contribution in [3.05, 3.63) is 4.91 Å². The molecular formula is C10H19N3O6. The summed E-state index contributed by atoms with van der Waals surface area (Å²) in [5.41, 5.74) is 5.30. The zero-order chi connectivity index (χ0) is 14.5. The number of amides is 1. The second-order valence-corrected chi connectivity index (χ2v) is 3.72. The largest absolute Gasteiger partial charge is 0.480 e. The van der Waals surface area contributed by atoms with Gasteiger partial charge in [-0.05, 0) is 25.8 Å². The van der Waals surface area contributed by atoms with Gasteiger partial charge < -0.3 is 25.7 Å². The van der Waals surface area contributed by atoms with Gasteiger partial charge in [-0.3, -0.25) is 0 Å². The Kier molecular flexibility index (Phi) is 10.1.